The Morgan fingerprint density at radius 3 is 2.87 bits per heavy atom. The minimum atomic E-state index is -0.215. The van der Waals surface area contributed by atoms with Crippen molar-refractivity contribution in [2.45, 2.75) is 0 Å². The van der Waals surface area contributed by atoms with E-state index in [-0.39, 0.29) is 12.0 Å². The summed E-state index contributed by atoms with van der Waals surface area (Å²) in [5, 5.41) is 14.2. The number of rotatable bonds is 0. The first-order chi connectivity index (χ1) is 7.25. The molecular weight excluding hydrogens is 194 g/mol. The van der Waals surface area contributed by atoms with E-state index < -0.39 is 0 Å². The van der Waals surface area contributed by atoms with Gasteiger partial charge >= 0.3 is 6.01 Å². The van der Waals surface area contributed by atoms with Crippen molar-refractivity contribution in [1.82, 2.24) is 19.6 Å². The molecular formula is C9H7N5O. The topological polar surface area (TPSA) is 89.3 Å². The van der Waals surface area contributed by atoms with Gasteiger partial charge < -0.3 is 10.8 Å². The van der Waals surface area contributed by atoms with Crippen LogP contribution in [0.1, 0.15) is 0 Å². The zero-order valence-electron chi connectivity index (χ0n) is 7.62. The predicted molar refractivity (Wildman–Crippen MR) is 54.4 cm³/mol. The lowest BCUT2D eigenvalue weighted by atomic mass is 10.2. The molecule has 0 saturated carbocycles. The Hall–Kier alpha value is -2.37. The summed E-state index contributed by atoms with van der Waals surface area (Å²) in [4.78, 5) is 8.01. The van der Waals surface area contributed by atoms with Crippen molar-refractivity contribution in [3.8, 4) is 6.01 Å². The fourth-order valence-electron chi connectivity index (χ4n) is 1.56. The molecule has 1 aromatic carbocycles. The van der Waals surface area contributed by atoms with Crippen LogP contribution in [0.15, 0.2) is 24.3 Å². The van der Waals surface area contributed by atoms with Crippen LogP contribution in [0, 0.1) is 0 Å². The van der Waals surface area contributed by atoms with Gasteiger partial charge in [0.2, 0.25) is 5.95 Å². The van der Waals surface area contributed by atoms with Crippen molar-refractivity contribution < 1.29 is 5.11 Å². The van der Waals surface area contributed by atoms with Crippen LogP contribution < -0.4 is 5.73 Å². The molecule has 0 bridgehead atoms. The number of hydrogen-bond donors (Lipinski definition) is 2. The maximum absolute atomic E-state index is 9.58. The zero-order valence-corrected chi connectivity index (χ0v) is 7.62. The van der Waals surface area contributed by atoms with Crippen LogP contribution in [-0.2, 0) is 0 Å². The van der Waals surface area contributed by atoms with Gasteiger partial charge in [-0.05, 0) is 12.1 Å². The minimum Gasteiger partial charge on any atom is -0.479 e. The van der Waals surface area contributed by atoms with Gasteiger partial charge in [0.25, 0.3) is 0 Å². The number of aromatic hydroxyl groups is 1. The third kappa shape index (κ3) is 1.01. The maximum atomic E-state index is 9.58. The average molecular weight is 201 g/mol. The molecule has 3 aromatic rings. The first-order valence-electron chi connectivity index (χ1n) is 4.35. The fraction of sp³-hybridized carbons (Fsp3) is 0. The van der Waals surface area contributed by atoms with E-state index in [0.717, 1.165) is 5.39 Å². The molecule has 0 spiro atoms. The summed E-state index contributed by atoms with van der Waals surface area (Å²) in [7, 11) is 0. The molecule has 0 aliphatic rings. The minimum absolute atomic E-state index is 0.114. The number of hydrogen-bond acceptors (Lipinski definition) is 5. The van der Waals surface area contributed by atoms with Crippen molar-refractivity contribution in [2.24, 2.45) is 0 Å². The molecule has 15 heavy (non-hydrogen) atoms. The summed E-state index contributed by atoms with van der Waals surface area (Å²) < 4.78 is 1.22. The lowest BCUT2D eigenvalue weighted by Gasteiger charge is -1.99. The second-order valence-electron chi connectivity index (χ2n) is 3.13. The molecule has 0 amide bonds. The molecule has 6 nitrogen and oxygen atoms in total. The SMILES string of the molecule is Nc1nc2c3ccccc3nc(O)n2n1. The van der Waals surface area contributed by atoms with Crippen molar-refractivity contribution in [3.05, 3.63) is 24.3 Å². The van der Waals surface area contributed by atoms with E-state index in [1.165, 1.54) is 4.52 Å². The van der Waals surface area contributed by atoms with E-state index in [4.69, 9.17) is 5.73 Å². The lowest BCUT2D eigenvalue weighted by molar-refractivity contribution is 0.416. The van der Waals surface area contributed by atoms with Gasteiger partial charge in [-0.3, -0.25) is 0 Å². The molecule has 0 radical (unpaired) electrons. The number of nitrogens with zero attached hydrogens (tertiary/aromatic N) is 4. The molecule has 0 saturated heterocycles. The van der Waals surface area contributed by atoms with E-state index in [2.05, 4.69) is 15.1 Å². The number of nitrogens with two attached hydrogens (primary N) is 1. The highest BCUT2D eigenvalue weighted by Crippen LogP contribution is 2.20. The fourth-order valence-corrected chi connectivity index (χ4v) is 1.56. The van der Waals surface area contributed by atoms with E-state index in [1.54, 1.807) is 6.07 Å². The van der Waals surface area contributed by atoms with Crippen molar-refractivity contribution >= 4 is 22.5 Å². The lowest BCUT2D eigenvalue weighted by Crippen LogP contribution is -1.93. The van der Waals surface area contributed by atoms with Gasteiger partial charge in [0.15, 0.2) is 5.65 Å². The van der Waals surface area contributed by atoms with Crippen LogP contribution in [0.5, 0.6) is 6.01 Å². The Balaban J connectivity index is 2.63. The third-order valence-corrected chi connectivity index (χ3v) is 2.18. The van der Waals surface area contributed by atoms with E-state index in [1.807, 2.05) is 18.2 Å². The molecule has 0 aliphatic heterocycles. The predicted octanol–water partition coefficient (Wildman–Crippen LogP) is 0.565. The Morgan fingerprint density at radius 1 is 1.20 bits per heavy atom. The Labute approximate surface area is 84.0 Å². The second-order valence-corrected chi connectivity index (χ2v) is 3.13. The first kappa shape index (κ1) is 7.98. The van der Waals surface area contributed by atoms with Gasteiger partial charge in [-0.1, -0.05) is 12.1 Å². The molecule has 3 rings (SSSR count). The molecule has 6 heteroatoms. The molecule has 0 aliphatic carbocycles. The molecule has 2 aromatic heterocycles. The molecule has 74 valence electrons. The summed E-state index contributed by atoms with van der Waals surface area (Å²) in [6.07, 6.45) is 0. The molecule has 0 fully saturated rings. The number of anilines is 1. The van der Waals surface area contributed by atoms with Crippen LogP contribution in [0.4, 0.5) is 5.95 Å². The van der Waals surface area contributed by atoms with E-state index in [0.29, 0.717) is 11.2 Å². The number of benzene rings is 1. The Kier molecular flexibility index (Phi) is 1.37. The largest absolute Gasteiger partial charge is 0.479 e. The number of nitrogen functional groups attached to an aromatic ring is 1. The smallest absolute Gasteiger partial charge is 0.317 e. The highest BCUT2D eigenvalue weighted by molar-refractivity contribution is 5.91. The number of aromatic nitrogens is 4. The van der Waals surface area contributed by atoms with Crippen LogP contribution in [0.2, 0.25) is 0 Å². The van der Waals surface area contributed by atoms with Gasteiger partial charge in [-0.15, -0.1) is 5.10 Å². The van der Waals surface area contributed by atoms with Crippen LogP contribution >= 0.6 is 0 Å². The van der Waals surface area contributed by atoms with E-state index in [9.17, 15) is 5.11 Å². The van der Waals surface area contributed by atoms with Gasteiger partial charge in [-0.25, -0.2) is 0 Å². The molecule has 0 atom stereocenters. The van der Waals surface area contributed by atoms with Gasteiger partial charge in [0.05, 0.1) is 5.52 Å². The van der Waals surface area contributed by atoms with Crippen LogP contribution in [0.3, 0.4) is 0 Å². The molecule has 0 unspecified atom stereocenters. The summed E-state index contributed by atoms with van der Waals surface area (Å²) >= 11 is 0. The van der Waals surface area contributed by atoms with Gasteiger partial charge in [-0.2, -0.15) is 14.5 Å². The van der Waals surface area contributed by atoms with Crippen molar-refractivity contribution in [2.75, 3.05) is 5.73 Å². The zero-order chi connectivity index (χ0) is 10.4. The highest BCUT2D eigenvalue weighted by Gasteiger charge is 2.10. The third-order valence-electron chi connectivity index (χ3n) is 2.18. The summed E-state index contributed by atoms with van der Waals surface area (Å²) in [5.41, 5.74) is 6.64. The van der Waals surface area contributed by atoms with E-state index >= 15 is 0 Å². The number of fused-ring (bicyclic) bond motifs is 3. The monoisotopic (exact) mass is 201 g/mol. The van der Waals surface area contributed by atoms with Crippen molar-refractivity contribution in [3.63, 3.8) is 0 Å². The highest BCUT2D eigenvalue weighted by atomic mass is 16.3. The number of para-hydroxylation sites is 1. The van der Waals surface area contributed by atoms with Crippen LogP contribution in [-0.4, -0.2) is 24.7 Å². The van der Waals surface area contributed by atoms with Gasteiger partial charge in [0.1, 0.15) is 0 Å². The maximum Gasteiger partial charge on any atom is 0.317 e. The summed E-state index contributed by atoms with van der Waals surface area (Å²) in [5.74, 6) is 0.114. The Morgan fingerprint density at radius 2 is 2.00 bits per heavy atom. The molecule has 2 heterocycles. The van der Waals surface area contributed by atoms with Gasteiger partial charge in [0, 0.05) is 5.39 Å². The Bertz CT molecular complexity index is 660. The quantitative estimate of drug-likeness (QED) is 0.554. The summed E-state index contributed by atoms with van der Waals surface area (Å²) in [6.45, 7) is 0. The van der Waals surface area contributed by atoms with Crippen molar-refractivity contribution in [1.29, 1.82) is 0 Å². The average Bonchev–Trinajstić information content (AvgIpc) is 2.61. The normalized spacial score (nSPS) is 11.2. The second kappa shape index (κ2) is 2.57. The summed E-state index contributed by atoms with van der Waals surface area (Å²) in [6, 6.07) is 7.13. The van der Waals surface area contributed by atoms with Crippen LogP contribution in [0.25, 0.3) is 16.6 Å². The standard InChI is InChI=1S/C9H7N5O/c10-8-12-7-5-3-1-2-4-6(5)11-9(15)14(7)13-8/h1-4H,(H2,10,13)(H,11,15). The molecule has 3 N–H and O–H groups in total. The first-order valence-corrected chi connectivity index (χ1v) is 4.35.